The highest BCUT2D eigenvalue weighted by Gasteiger charge is 2.44. The van der Waals surface area contributed by atoms with Gasteiger partial charge in [-0.3, -0.25) is 19.4 Å². The molecule has 0 bridgehead atoms. The Morgan fingerprint density at radius 2 is 1.56 bits per heavy atom. The zero-order chi connectivity index (χ0) is 29.7. The van der Waals surface area contributed by atoms with Crippen molar-refractivity contribution in [2.45, 2.75) is 58.2 Å². The van der Waals surface area contributed by atoms with Crippen molar-refractivity contribution in [3.63, 3.8) is 0 Å². The zero-order valence-electron chi connectivity index (χ0n) is 23.3. The van der Waals surface area contributed by atoms with E-state index < -0.39 is 11.6 Å². The van der Waals surface area contributed by atoms with Gasteiger partial charge in [-0.2, -0.15) is 0 Å². The van der Waals surface area contributed by atoms with Gasteiger partial charge >= 0.3 is 5.97 Å². The third-order valence-corrected chi connectivity index (χ3v) is 7.51. The minimum atomic E-state index is -0.971. The molecule has 0 spiro atoms. The average molecular weight is 595 g/mol. The average Bonchev–Trinajstić information content (AvgIpc) is 3.17. The number of carboxylic acids is 1. The Bertz CT molecular complexity index is 1450. The third kappa shape index (κ3) is 7.16. The second-order valence-electron chi connectivity index (χ2n) is 10.5. The maximum atomic E-state index is 13.9. The summed E-state index contributed by atoms with van der Waals surface area (Å²) in [6, 6.07) is 19.9. The van der Waals surface area contributed by atoms with Gasteiger partial charge < -0.3 is 15.3 Å². The fourth-order valence-electron chi connectivity index (χ4n) is 5.07. The molecule has 0 saturated carbocycles. The summed E-state index contributed by atoms with van der Waals surface area (Å²) in [5, 5.41) is 12.5. The van der Waals surface area contributed by atoms with E-state index in [0.29, 0.717) is 21.3 Å². The van der Waals surface area contributed by atoms with Crippen molar-refractivity contribution in [1.82, 2.24) is 10.2 Å². The molecule has 214 valence electrons. The smallest absolute Gasteiger partial charge is 0.305 e. The van der Waals surface area contributed by atoms with Crippen LogP contribution in [-0.2, 0) is 9.59 Å². The minimum Gasteiger partial charge on any atom is -0.481 e. The molecule has 3 aromatic carbocycles. The van der Waals surface area contributed by atoms with Crippen LogP contribution in [0.5, 0.6) is 0 Å². The predicted octanol–water partition coefficient (Wildman–Crippen LogP) is 7.16. The molecular formula is C32H33Cl2N3O4. The van der Waals surface area contributed by atoms with E-state index in [1.54, 1.807) is 18.2 Å². The van der Waals surface area contributed by atoms with Crippen LogP contribution in [0.3, 0.4) is 0 Å². The van der Waals surface area contributed by atoms with Crippen molar-refractivity contribution in [2.24, 2.45) is 4.99 Å². The Morgan fingerprint density at radius 3 is 2.15 bits per heavy atom. The number of carbonyl (C=O) groups excluding carboxylic acids is 2. The third-order valence-electron chi connectivity index (χ3n) is 7.08. The number of nitrogens with one attached hydrogen (secondary N) is 1. The van der Waals surface area contributed by atoms with Crippen LogP contribution in [0.25, 0.3) is 11.1 Å². The van der Waals surface area contributed by atoms with Crippen molar-refractivity contribution in [2.75, 3.05) is 6.54 Å². The van der Waals surface area contributed by atoms with Crippen LogP contribution in [0.4, 0.5) is 0 Å². The molecule has 0 radical (unpaired) electrons. The van der Waals surface area contributed by atoms with Crippen molar-refractivity contribution in [3.8, 4) is 11.1 Å². The Kier molecular flexibility index (Phi) is 9.51. The summed E-state index contributed by atoms with van der Waals surface area (Å²) < 4.78 is 0. The Balaban J connectivity index is 1.57. The van der Waals surface area contributed by atoms with Gasteiger partial charge in [-0.25, -0.2) is 0 Å². The molecule has 0 aromatic heterocycles. The predicted molar refractivity (Wildman–Crippen MR) is 163 cm³/mol. The number of carbonyl (C=O) groups is 3. The largest absolute Gasteiger partial charge is 0.481 e. The van der Waals surface area contributed by atoms with E-state index in [1.165, 1.54) is 0 Å². The first-order valence-electron chi connectivity index (χ1n) is 13.6. The summed E-state index contributed by atoms with van der Waals surface area (Å²) in [4.78, 5) is 43.8. The topological polar surface area (TPSA) is 99.1 Å². The summed E-state index contributed by atoms with van der Waals surface area (Å²) >= 11 is 12.4. The molecule has 1 aliphatic heterocycles. The quantitative estimate of drug-likeness (QED) is 0.246. The molecule has 3 aromatic rings. The van der Waals surface area contributed by atoms with E-state index in [4.69, 9.17) is 33.3 Å². The molecular weight excluding hydrogens is 561 g/mol. The maximum absolute atomic E-state index is 13.9. The number of aliphatic imine (C=N–C) groups is 1. The van der Waals surface area contributed by atoms with Gasteiger partial charge in [0.05, 0.1) is 12.5 Å². The van der Waals surface area contributed by atoms with Gasteiger partial charge in [0.25, 0.3) is 11.8 Å². The highest BCUT2D eigenvalue weighted by molar-refractivity contribution is 6.46. The van der Waals surface area contributed by atoms with Crippen molar-refractivity contribution in [3.05, 3.63) is 93.5 Å². The number of benzene rings is 3. The highest BCUT2D eigenvalue weighted by Crippen LogP contribution is 2.38. The number of carboxylic acid groups (broad SMARTS) is 1. The second-order valence-corrected chi connectivity index (χ2v) is 11.4. The second kappa shape index (κ2) is 12.9. The van der Waals surface area contributed by atoms with Gasteiger partial charge in [0.1, 0.15) is 11.4 Å². The van der Waals surface area contributed by atoms with E-state index in [2.05, 4.69) is 12.2 Å². The molecule has 1 atom stereocenters. The van der Waals surface area contributed by atoms with E-state index in [-0.39, 0.29) is 30.8 Å². The molecule has 1 aliphatic rings. The molecule has 0 fully saturated rings. The van der Waals surface area contributed by atoms with E-state index in [1.807, 2.05) is 67.3 Å². The number of halogens is 2. The van der Waals surface area contributed by atoms with Gasteiger partial charge in [-0.15, -0.1) is 0 Å². The van der Waals surface area contributed by atoms with Gasteiger partial charge in [0.15, 0.2) is 0 Å². The Labute approximate surface area is 250 Å². The summed E-state index contributed by atoms with van der Waals surface area (Å²) in [5.41, 5.74) is 3.50. The van der Waals surface area contributed by atoms with Gasteiger partial charge in [-0.1, -0.05) is 79.4 Å². The lowest BCUT2D eigenvalue weighted by Crippen LogP contribution is -2.45. The van der Waals surface area contributed by atoms with Crippen molar-refractivity contribution >= 4 is 46.7 Å². The number of aliphatic carboxylic acids is 1. The van der Waals surface area contributed by atoms with Crippen LogP contribution < -0.4 is 5.32 Å². The highest BCUT2D eigenvalue weighted by atomic mass is 35.5. The number of unbranched alkanes of at least 4 members (excludes halogenated alkanes) is 1. The molecule has 2 amide bonds. The molecule has 7 nitrogen and oxygen atoms in total. The first-order valence-corrected chi connectivity index (χ1v) is 14.4. The molecule has 4 rings (SSSR count). The van der Waals surface area contributed by atoms with Gasteiger partial charge in [0, 0.05) is 27.7 Å². The summed E-state index contributed by atoms with van der Waals surface area (Å²) in [5.74, 6) is -1.46. The lowest BCUT2D eigenvalue weighted by atomic mass is 9.95. The van der Waals surface area contributed by atoms with E-state index in [0.717, 1.165) is 41.5 Å². The SMILES string of the molecule is CCCC[C@H](c1ccc(C(=O)NCCC(=O)O)cc1)N1C(=O)C(c2ccc(-c3cc(Cl)cc(Cl)c3)cc2)=NC1(C)C. The summed E-state index contributed by atoms with van der Waals surface area (Å²) in [7, 11) is 0. The van der Waals surface area contributed by atoms with Crippen LogP contribution in [0.15, 0.2) is 71.7 Å². The standard InChI is InChI=1S/C32H33Cl2N3O4/c1-4-5-6-27(21-9-13-23(14-10-21)30(40)35-16-15-28(38)39)37-31(41)29(36-32(37,2)3)22-11-7-20(8-12-22)24-17-25(33)19-26(34)18-24/h7-14,17-19,27H,4-6,15-16H2,1-3H3,(H,35,40)(H,38,39)/t27-/m1/s1. The monoisotopic (exact) mass is 593 g/mol. The van der Waals surface area contributed by atoms with E-state index >= 15 is 0 Å². The fourth-order valence-corrected chi connectivity index (χ4v) is 5.60. The number of amides is 2. The molecule has 41 heavy (non-hydrogen) atoms. The maximum Gasteiger partial charge on any atom is 0.305 e. The lowest BCUT2D eigenvalue weighted by Gasteiger charge is -2.37. The first-order chi connectivity index (χ1) is 19.5. The molecule has 2 N–H and O–H groups in total. The number of hydrogen-bond donors (Lipinski definition) is 2. The van der Waals surface area contributed by atoms with Crippen molar-refractivity contribution < 1.29 is 19.5 Å². The van der Waals surface area contributed by atoms with E-state index in [9.17, 15) is 14.4 Å². The van der Waals surface area contributed by atoms with Crippen LogP contribution in [0.1, 0.15) is 74.0 Å². The normalized spacial score (nSPS) is 15.0. The summed E-state index contributed by atoms with van der Waals surface area (Å²) in [6.45, 7) is 6.03. The summed E-state index contributed by atoms with van der Waals surface area (Å²) in [6.07, 6.45) is 2.47. The number of nitrogens with zero attached hydrogens (tertiary/aromatic N) is 2. The molecule has 1 heterocycles. The van der Waals surface area contributed by atoms with Crippen LogP contribution in [0, 0.1) is 0 Å². The number of rotatable bonds is 11. The van der Waals surface area contributed by atoms with Crippen molar-refractivity contribution in [1.29, 1.82) is 0 Å². The first kappa shape index (κ1) is 30.3. The van der Waals surface area contributed by atoms with Gasteiger partial charge in [-0.05, 0) is 67.3 Å². The molecule has 0 unspecified atom stereocenters. The molecule has 0 aliphatic carbocycles. The Morgan fingerprint density at radius 1 is 0.951 bits per heavy atom. The lowest BCUT2D eigenvalue weighted by molar-refractivity contribution is -0.136. The van der Waals surface area contributed by atoms with Crippen LogP contribution in [0.2, 0.25) is 10.0 Å². The minimum absolute atomic E-state index is 0.0550. The van der Waals surface area contributed by atoms with Crippen LogP contribution >= 0.6 is 23.2 Å². The zero-order valence-corrected chi connectivity index (χ0v) is 24.8. The Hall–Kier alpha value is -3.68. The van der Waals surface area contributed by atoms with Gasteiger partial charge in [0.2, 0.25) is 0 Å². The molecule has 0 saturated heterocycles. The molecule has 9 heteroatoms. The number of hydrogen-bond acceptors (Lipinski definition) is 4. The van der Waals surface area contributed by atoms with Crippen LogP contribution in [-0.4, -0.2) is 45.7 Å². The fraction of sp³-hybridized carbons (Fsp3) is 0.312.